The molecule has 0 aliphatic heterocycles. The monoisotopic (exact) mass is 438 g/mol. The fourth-order valence-electron chi connectivity index (χ4n) is 3.88. The summed E-state index contributed by atoms with van der Waals surface area (Å²) in [5.41, 5.74) is 3.04. The normalized spacial score (nSPS) is 14.4. The van der Waals surface area contributed by atoms with Gasteiger partial charge in [-0.3, -0.25) is 0 Å². The van der Waals surface area contributed by atoms with Crippen LogP contribution in [-0.2, 0) is 11.2 Å². The van der Waals surface area contributed by atoms with Gasteiger partial charge in [-0.15, -0.1) is 0 Å². The number of allylic oxidation sites excluding steroid dienone is 2. The van der Waals surface area contributed by atoms with Gasteiger partial charge in [-0.1, -0.05) is 42.4 Å². The maximum atomic E-state index is 13.2. The number of benzene rings is 2. The van der Waals surface area contributed by atoms with E-state index in [1.54, 1.807) is 30.4 Å². The van der Waals surface area contributed by atoms with E-state index in [0.717, 1.165) is 36.8 Å². The number of halogens is 1. The van der Waals surface area contributed by atoms with E-state index in [4.69, 9.17) is 9.47 Å². The van der Waals surface area contributed by atoms with Gasteiger partial charge in [0.05, 0.1) is 13.2 Å². The van der Waals surface area contributed by atoms with Gasteiger partial charge >= 0.3 is 5.97 Å². The number of phenols is 1. The Morgan fingerprint density at radius 2 is 1.81 bits per heavy atom. The first-order chi connectivity index (χ1) is 15.4. The van der Waals surface area contributed by atoms with E-state index in [2.05, 4.69) is 0 Å². The number of aromatic hydroxyl groups is 1. The van der Waals surface area contributed by atoms with Gasteiger partial charge in [-0.05, 0) is 75.3 Å². The second-order valence-electron chi connectivity index (χ2n) is 8.41. The standard InChI is InChI=1S/C27H31FO4/c1-18(2)9-16-23-24(32-22-7-5-4-6-8-22)17-20(25(26(23)29)27(30)31-3)13-10-19-11-14-21(28)15-12-19/h9-15,17,22,29H,4-8,16H2,1-3H3. The minimum atomic E-state index is -0.621. The number of hydrogen-bond donors (Lipinski definition) is 1. The van der Waals surface area contributed by atoms with Crippen LogP contribution in [0.2, 0.25) is 0 Å². The summed E-state index contributed by atoms with van der Waals surface area (Å²) in [7, 11) is 1.29. The molecule has 0 saturated heterocycles. The van der Waals surface area contributed by atoms with E-state index < -0.39 is 5.97 Å². The quantitative estimate of drug-likeness (QED) is 0.297. The molecular weight excluding hydrogens is 407 g/mol. The van der Waals surface area contributed by atoms with Gasteiger partial charge in [-0.2, -0.15) is 0 Å². The molecule has 1 fully saturated rings. The van der Waals surface area contributed by atoms with E-state index in [9.17, 15) is 14.3 Å². The zero-order valence-corrected chi connectivity index (χ0v) is 19.0. The van der Waals surface area contributed by atoms with Crippen LogP contribution in [0.4, 0.5) is 4.39 Å². The molecule has 4 nitrogen and oxygen atoms in total. The summed E-state index contributed by atoms with van der Waals surface area (Å²) in [5, 5.41) is 11.1. The Morgan fingerprint density at radius 1 is 1.12 bits per heavy atom. The van der Waals surface area contributed by atoms with Crippen LogP contribution in [0.15, 0.2) is 42.0 Å². The minimum Gasteiger partial charge on any atom is -0.507 e. The molecule has 5 heteroatoms. The molecule has 0 heterocycles. The van der Waals surface area contributed by atoms with Gasteiger partial charge in [0, 0.05) is 5.56 Å². The number of methoxy groups -OCH3 is 1. The average Bonchev–Trinajstić information content (AvgIpc) is 2.78. The molecule has 0 aromatic heterocycles. The molecule has 0 atom stereocenters. The predicted octanol–water partition coefficient (Wildman–Crippen LogP) is 6.71. The molecule has 32 heavy (non-hydrogen) atoms. The number of esters is 1. The first-order valence-electron chi connectivity index (χ1n) is 11.1. The number of carbonyl (C=O) groups is 1. The largest absolute Gasteiger partial charge is 0.507 e. The van der Waals surface area contributed by atoms with Crippen molar-refractivity contribution in [2.24, 2.45) is 0 Å². The lowest BCUT2D eigenvalue weighted by Gasteiger charge is -2.25. The fourth-order valence-corrected chi connectivity index (χ4v) is 3.88. The van der Waals surface area contributed by atoms with Gasteiger partial charge < -0.3 is 14.6 Å². The molecule has 0 unspecified atom stereocenters. The Balaban J connectivity index is 2.08. The lowest BCUT2D eigenvalue weighted by atomic mass is 9.95. The van der Waals surface area contributed by atoms with Crippen molar-refractivity contribution >= 4 is 18.1 Å². The third kappa shape index (κ3) is 6.00. The van der Waals surface area contributed by atoms with Crippen LogP contribution in [0, 0.1) is 5.82 Å². The number of hydrogen-bond acceptors (Lipinski definition) is 4. The molecule has 0 amide bonds. The number of rotatable bonds is 7. The minimum absolute atomic E-state index is 0.0894. The van der Waals surface area contributed by atoms with Gasteiger partial charge in [0.25, 0.3) is 0 Å². The van der Waals surface area contributed by atoms with Crippen molar-refractivity contribution in [3.63, 3.8) is 0 Å². The van der Waals surface area contributed by atoms with Crippen molar-refractivity contribution in [2.75, 3.05) is 7.11 Å². The number of carbonyl (C=O) groups excluding carboxylic acids is 1. The first kappa shape index (κ1) is 23.6. The summed E-state index contributed by atoms with van der Waals surface area (Å²) in [6, 6.07) is 7.84. The summed E-state index contributed by atoms with van der Waals surface area (Å²) in [5.74, 6) is -0.481. The zero-order valence-electron chi connectivity index (χ0n) is 19.0. The van der Waals surface area contributed by atoms with E-state index in [1.807, 2.05) is 19.9 Å². The molecule has 1 aliphatic rings. The van der Waals surface area contributed by atoms with Crippen molar-refractivity contribution < 1.29 is 23.8 Å². The molecule has 0 spiro atoms. The Bertz CT molecular complexity index is 995. The predicted molar refractivity (Wildman–Crippen MR) is 125 cm³/mol. The van der Waals surface area contributed by atoms with Crippen LogP contribution in [0.5, 0.6) is 11.5 Å². The average molecular weight is 439 g/mol. The first-order valence-corrected chi connectivity index (χ1v) is 11.1. The zero-order chi connectivity index (χ0) is 23.1. The van der Waals surface area contributed by atoms with Gasteiger partial charge in [0.1, 0.15) is 22.9 Å². The summed E-state index contributed by atoms with van der Waals surface area (Å²) < 4.78 is 24.5. The van der Waals surface area contributed by atoms with E-state index >= 15 is 0 Å². The Hall–Kier alpha value is -3.08. The summed E-state index contributed by atoms with van der Waals surface area (Å²) in [6.45, 7) is 3.97. The number of phenolic OH excluding ortho intramolecular Hbond substituents is 1. The van der Waals surface area contributed by atoms with Crippen molar-refractivity contribution in [2.45, 2.75) is 58.5 Å². The highest BCUT2D eigenvalue weighted by molar-refractivity contribution is 5.98. The van der Waals surface area contributed by atoms with Crippen LogP contribution < -0.4 is 4.74 Å². The molecule has 1 aliphatic carbocycles. The fraction of sp³-hybridized carbons (Fsp3) is 0.370. The summed E-state index contributed by atoms with van der Waals surface area (Å²) in [6.07, 6.45) is 11.4. The molecule has 2 aromatic rings. The molecule has 3 rings (SSSR count). The third-order valence-corrected chi connectivity index (χ3v) is 5.67. The van der Waals surface area contributed by atoms with Crippen LogP contribution >= 0.6 is 0 Å². The Kier molecular flexibility index (Phi) is 8.09. The van der Waals surface area contributed by atoms with Crippen LogP contribution in [0.1, 0.15) is 73.0 Å². The molecule has 1 saturated carbocycles. The molecule has 0 bridgehead atoms. The SMILES string of the molecule is COC(=O)c1c(C=Cc2ccc(F)cc2)cc(OC2CCCCC2)c(CC=C(C)C)c1O. The van der Waals surface area contributed by atoms with Crippen LogP contribution in [0.25, 0.3) is 12.2 Å². The summed E-state index contributed by atoms with van der Waals surface area (Å²) in [4.78, 5) is 12.6. The van der Waals surface area contributed by atoms with Crippen LogP contribution in [-0.4, -0.2) is 24.3 Å². The van der Waals surface area contributed by atoms with Crippen LogP contribution in [0.3, 0.4) is 0 Å². The van der Waals surface area contributed by atoms with Crippen molar-refractivity contribution in [1.29, 1.82) is 0 Å². The molecule has 0 radical (unpaired) electrons. The molecule has 1 N–H and O–H groups in total. The highest BCUT2D eigenvalue weighted by Gasteiger charge is 2.25. The summed E-state index contributed by atoms with van der Waals surface area (Å²) >= 11 is 0. The Morgan fingerprint density at radius 3 is 2.44 bits per heavy atom. The highest BCUT2D eigenvalue weighted by Crippen LogP contribution is 2.38. The maximum absolute atomic E-state index is 13.2. The highest BCUT2D eigenvalue weighted by atomic mass is 19.1. The van der Waals surface area contributed by atoms with Gasteiger partial charge in [0.15, 0.2) is 0 Å². The smallest absolute Gasteiger partial charge is 0.342 e. The van der Waals surface area contributed by atoms with Crippen molar-refractivity contribution in [3.8, 4) is 11.5 Å². The van der Waals surface area contributed by atoms with E-state index in [1.165, 1.54) is 25.7 Å². The van der Waals surface area contributed by atoms with E-state index in [0.29, 0.717) is 23.3 Å². The maximum Gasteiger partial charge on any atom is 0.342 e. The second-order valence-corrected chi connectivity index (χ2v) is 8.41. The topological polar surface area (TPSA) is 55.8 Å². The molecule has 170 valence electrons. The molecular formula is C27H31FO4. The Labute approximate surface area is 189 Å². The second kappa shape index (κ2) is 11.0. The van der Waals surface area contributed by atoms with Gasteiger partial charge in [-0.25, -0.2) is 9.18 Å². The molecule has 2 aromatic carbocycles. The van der Waals surface area contributed by atoms with E-state index in [-0.39, 0.29) is 23.2 Å². The number of ether oxygens (including phenoxy) is 2. The van der Waals surface area contributed by atoms with Crippen molar-refractivity contribution in [1.82, 2.24) is 0 Å². The lowest BCUT2D eigenvalue weighted by Crippen LogP contribution is -2.20. The third-order valence-electron chi connectivity index (χ3n) is 5.67. The van der Waals surface area contributed by atoms with Gasteiger partial charge in [0.2, 0.25) is 0 Å². The lowest BCUT2D eigenvalue weighted by molar-refractivity contribution is 0.0597. The van der Waals surface area contributed by atoms with Crippen molar-refractivity contribution in [3.05, 3.63) is 70.1 Å².